The fraction of sp³-hybridized carbons (Fsp3) is 0.417. The smallest absolute Gasteiger partial charge is 0.163 e. The van der Waals surface area contributed by atoms with Gasteiger partial charge >= 0.3 is 0 Å². The minimum Gasteiger partial charge on any atom is -0.490 e. The van der Waals surface area contributed by atoms with Gasteiger partial charge in [-0.3, -0.25) is 0 Å². The summed E-state index contributed by atoms with van der Waals surface area (Å²) in [5.41, 5.74) is 4.74. The summed E-state index contributed by atoms with van der Waals surface area (Å²) in [6.45, 7) is 3.80. The van der Waals surface area contributed by atoms with Crippen LogP contribution in [0.2, 0.25) is 0 Å². The third-order valence-corrected chi connectivity index (χ3v) is 6.14. The fourth-order valence-corrected chi connectivity index (χ4v) is 4.52. The second-order valence-electron chi connectivity index (χ2n) is 8.27. The van der Waals surface area contributed by atoms with E-state index in [1.54, 1.807) is 0 Å². The van der Waals surface area contributed by atoms with E-state index in [1.165, 1.54) is 48.8 Å². The number of H-pyrrole nitrogens is 1. The van der Waals surface area contributed by atoms with Crippen molar-refractivity contribution in [3.05, 3.63) is 48.2 Å². The lowest BCUT2D eigenvalue weighted by Gasteiger charge is -2.15. The van der Waals surface area contributed by atoms with Crippen molar-refractivity contribution in [2.75, 3.05) is 38.7 Å². The van der Waals surface area contributed by atoms with Gasteiger partial charge in [0, 0.05) is 41.0 Å². The minimum absolute atomic E-state index is 0.647. The Hall–Kier alpha value is -2.66. The zero-order valence-electron chi connectivity index (χ0n) is 17.0. The number of hydrogen-bond acceptors (Lipinski definition) is 4. The quantitative estimate of drug-likeness (QED) is 0.638. The molecule has 1 aromatic heterocycles. The lowest BCUT2D eigenvalue weighted by atomic mass is 9.92. The standard InChI is InChI=1S/C24H29N3O2/c1-27-10-2-4-17(9-11-27)21-16-25-22-14-18(5-7-20(21)22)26-19-6-8-23-24(15-19)29-13-3-12-28-23/h5-8,14-17,25-26H,2-4,9-13H2,1H3. The highest BCUT2D eigenvalue weighted by atomic mass is 16.5. The second kappa shape index (κ2) is 7.99. The number of fused-ring (bicyclic) bond motifs is 2. The van der Waals surface area contributed by atoms with Crippen LogP contribution in [-0.2, 0) is 0 Å². The normalized spacial score (nSPS) is 20.2. The van der Waals surface area contributed by atoms with Gasteiger partial charge in [0.05, 0.1) is 13.2 Å². The number of ether oxygens (including phenoxy) is 2. The number of benzene rings is 2. The van der Waals surface area contributed by atoms with Crippen molar-refractivity contribution in [2.24, 2.45) is 0 Å². The number of aromatic nitrogens is 1. The largest absolute Gasteiger partial charge is 0.490 e. The summed E-state index contributed by atoms with van der Waals surface area (Å²) < 4.78 is 11.5. The molecule has 5 rings (SSSR count). The molecule has 1 fully saturated rings. The van der Waals surface area contributed by atoms with E-state index in [1.807, 2.05) is 18.2 Å². The van der Waals surface area contributed by atoms with Crippen molar-refractivity contribution in [3.8, 4) is 11.5 Å². The third kappa shape index (κ3) is 3.92. The van der Waals surface area contributed by atoms with Gasteiger partial charge in [0.15, 0.2) is 11.5 Å². The molecule has 3 heterocycles. The van der Waals surface area contributed by atoms with E-state index in [9.17, 15) is 0 Å². The van der Waals surface area contributed by atoms with E-state index in [0.717, 1.165) is 29.3 Å². The van der Waals surface area contributed by atoms with Crippen LogP contribution in [0.3, 0.4) is 0 Å². The third-order valence-electron chi connectivity index (χ3n) is 6.14. The molecule has 2 aliphatic rings. The van der Waals surface area contributed by atoms with Gasteiger partial charge in [-0.05, 0) is 75.1 Å². The molecule has 0 bridgehead atoms. The van der Waals surface area contributed by atoms with Gasteiger partial charge in [0.2, 0.25) is 0 Å². The highest BCUT2D eigenvalue weighted by molar-refractivity contribution is 5.87. The van der Waals surface area contributed by atoms with Crippen LogP contribution >= 0.6 is 0 Å². The van der Waals surface area contributed by atoms with Crippen molar-refractivity contribution >= 4 is 22.3 Å². The van der Waals surface area contributed by atoms with Gasteiger partial charge < -0.3 is 24.7 Å². The molecule has 5 nitrogen and oxygen atoms in total. The zero-order valence-corrected chi connectivity index (χ0v) is 17.0. The van der Waals surface area contributed by atoms with E-state index in [0.29, 0.717) is 19.1 Å². The highest BCUT2D eigenvalue weighted by Crippen LogP contribution is 2.36. The van der Waals surface area contributed by atoms with Crippen LogP contribution in [0.15, 0.2) is 42.6 Å². The van der Waals surface area contributed by atoms with Crippen LogP contribution in [0.25, 0.3) is 10.9 Å². The molecule has 0 amide bonds. The summed E-state index contributed by atoms with van der Waals surface area (Å²) in [6.07, 6.45) is 6.92. The number of hydrogen-bond donors (Lipinski definition) is 2. The van der Waals surface area contributed by atoms with Crippen LogP contribution in [0.5, 0.6) is 11.5 Å². The van der Waals surface area contributed by atoms with Crippen molar-refractivity contribution in [3.63, 3.8) is 0 Å². The molecule has 1 saturated heterocycles. The van der Waals surface area contributed by atoms with Crippen LogP contribution in [0, 0.1) is 0 Å². The van der Waals surface area contributed by atoms with Crippen molar-refractivity contribution < 1.29 is 9.47 Å². The van der Waals surface area contributed by atoms with Crippen LogP contribution in [0.1, 0.15) is 37.2 Å². The fourth-order valence-electron chi connectivity index (χ4n) is 4.52. The summed E-state index contributed by atoms with van der Waals surface area (Å²) in [4.78, 5) is 5.95. The Labute approximate surface area is 172 Å². The van der Waals surface area contributed by atoms with E-state index < -0.39 is 0 Å². The maximum Gasteiger partial charge on any atom is 0.163 e. The average Bonchev–Trinajstić information content (AvgIpc) is 2.87. The molecule has 2 aliphatic heterocycles. The van der Waals surface area contributed by atoms with Crippen molar-refractivity contribution in [2.45, 2.75) is 31.6 Å². The Kier molecular flexibility index (Phi) is 5.06. The predicted octanol–water partition coefficient (Wildman–Crippen LogP) is 5.27. The van der Waals surface area contributed by atoms with Gasteiger partial charge in [0.25, 0.3) is 0 Å². The van der Waals surface area contributed by atoms with E-state index in [-0.39, 0.29) is 0 Å². The van der Waals surface area contributed by atoms with Crippen molar-refractivity contribution in [1.82, 2.24) is 9.88 Å². The number of nitrogens with zero attached hydrogens (tertiary/aromatic N) is 1. The molecule has 29 heavy (non-hydrogen) atoms. The first-order chi connectivity index (χ1) is 14.3. The van der Waals surface area contributed by atoms with E-state index in [2.05, 4.69) is 46.6 Å². The number of likely N-dealkylation sites (tertiary alicyclic amines) is 1. The topological polar surface area (TPSA) is 49.5 Å². The Balaban J connectivity index is 1.36. The summed E-state index contributed by atoms with van der Waals surface area (Å²) in [5.74, 6) is 2.29. The Morgan fingerprint density at radius 3 is 2.69 bits per heavy atom. The van der Waals surface area contributed by atoms with E-state index >= 15 is 0 Å². The monoisotopic (exact) mass is 391 g/mol. The summed E-state index contributed by atoms with van der Waals surface area (Å²) >= 11 is 0. The van der Waals surface area contributed by atoms with Crippen molar-refractivity contribution in [1.29, 1.82) is 0 Å². The predicted molar refractivity (Wildman–Crippen MR) is 118 cm³/mol. The zero-order chi connectivity index (χ0) is 19.6. The Morgan fingerprint density at radius 1 is 0.931 bits per heavy atom. The Morgan fingerprint density at radius 2 is 1.76 bits per heavy atom. The first kappa shape index (κ1) is 18.4. The molecular weight excluding hydrogens is 362 g/mol. The molecule has 0 radical (unpaired) electrons. The first-order valence-electron chi connectivity index (χ1n) is 10.7. The molecular formula is C24H29N3O2. The number of aromatic amines is 1. The maximum absolute atomic E-state index is 5.81. The minimum atomic E-state index is 0.647. The highest BCUT2D eigenvalue weighted by Gasteiger charge is 2.19. The summed E-state index contributed by atoms with van der Waals surface area (Å²) in [7, 11) is 2.23. The molecule has 152 valence electrons. The molecule has 0 aliphatic carbocycles. The molecule has 2 N–H and O–H groups in total. The van der Waals surface area contributed by atoms with Crippen LogP contribution in [-0.4, -0.2) is 43.2 Å². The van der Waals surface area contributed by atoms with Crippen LogP contribution in [0.4, 0.5) is 11.4 Å². The number of nitrogens with one attached hydrogen (secondary N) is 2. The van der Waals surface area contributed by atoms with Gasteiger partial charge in [-0.1, -0.05) is 6.07 Å². The number of anilines is 2. The molecule has 0 spiro atoms. The first-order valence-corrected chi connectivity index (χ1v) is 10.7. The molecule has 3 aromatic rings. The van der Waals surface area contributed by atoms with Crippen LogP contribution < -0.4 is 14.8 Å². The average molecular weight is 392 g/mol. The lowest BCUT2D eigenvalue weighted by molar-refractivity contribution is 0.297. The summed E-state index contributed by atoms with van der Waals surface area (Å²) in [5, 5.41) is 4.86. The van der Waals surface area contributed by atoms with Gasteiger partial charge in [-0.25, -0.2) is 0 Å². The summed E-state index contributed by atoms with van der Waals surface area (Å²) in [6, 6.07) is 12.7. The molecule has 1 unspecified atom stereocenters. The SMILES string of the molecule is CN1CCCC(c2c[nH]c3cc(Nc4ccc5c(c4)OCCCO5)ccc23)CC1. The lowest BCUT2D eigenvalue weighted by Crippen LogP contribution is -2.18. The molecule has 2 aromatic carbocycles. The maximum atomic E-state index is 5.81. The number of rotatable bonds is 3. The Bertz CT molecular complexity index is 997. The van der Waals surface area contributed by atoms with Gasteiger partial charge in [-0.15, -0.1) is 0 Å². The molecule has 0 saturated carbocycles. The van der Waals surface area contributed by atoms with Gasteiger partial charge in [0.1, 0.15) is 0 Å². The molecule has 1 atom stereocenters. The molecule has 5 heteroatoms. The van der Waals surface area contributed by atoms with E-state index in [4.69, 9.17) is 9.47 Å². The van der Waals surface area contributed by atoms with Gasteiger partial charge in [-0.2, -0.15) is 0 Å². The second-order valence-corrected chi connectivity index (χ2v) is 8.27.